The van der Waals surface area contributed by atoms with Crippen molar-refractivity contribution in [3.63, 3.8) is 0 Å². The van der Waals surface area contributed by atoms with Gasteiger partial charge in [0.2, 0.25) is 0 Å². The van der Waals surface area contributed by atoms with Crippen LogP contribution in [0.4, 0.5) is 4.39 Å². The number of rotatable bonds is 9. The zero-order chi connectivity index (χ0) is 21.7. The first-order valence-corrected chi connectivity index (χ1v) is 10.3. The van der Waals surface area contributed by atoms with Crippen LogP contribution in [0.3, 0.4) is 0 Å². The van der Waals surface area contributed by atoms with E-state index < -0.39 is 12.0 Å². The van der Waals surface area contributed by atoms with E-state index in [1.54, 1.807) is 29.8 Å². The summed E-state index contributed by atoms with van der Waals surface area (Å²) in [6, 6.07) is 12.1. The van der Waals surface area contributed by atoms with Crippen LogP contribution in [0.25, 0.3) is 0 Å². The fraction of sp³-hybridized carbons (Fsp3) is 0.273. The summed E-state index contributed by atoms with van der Waals surface area (Å²) in [7, 11) is 0. The van der Waals surface area contributed by atoms with Crippen LogP contribution < -0.4 is 10.5 Å². The summed E-state index contributed by atoms with van der Waals surface area (Å²) in [5, 5.41) is 10.2. The molecule has 31 heavy (non-hydrogen) atoms. The molecule has 166 valence electrons. The number of aromatic nitrogens is 2. The van der Waals surface area contributed by atoms with Gasteiger partial charge >= 0.3 is 0 Å². The second-order valence-electron chi connectivity index (χ2n) is 7.05. The molecule has 2 aromatic carbocycles. The van der Waals surface area contributed by atoms with Crippen molar-refractivity contribution in [2.24, 2.45) is 5.73 Å². The first-order chi connectivity index (χ1) is 14.3. The minimum atomic E-state index is -0.662. The highest BCUT2D eigenvalue weighted by Gasteiger charge is 2.19. The summed E-state index contributed by atoms with van der Waals surface area (Å²) < 4.78 is 22.3. The molecule has 3 aromatic rings. The number of halogens is 3. The Morgan fingerprint density at radius 2 is 2.03 bits per heavy atom. The van der Waals surface area contributed by atoms with E-state index in [1.165, 1.54) is 12.4 Å². The molecule has 0 saturated heterocycles. The van der Waals surface area contributed by atoms with Crippen LogP contribution in [0, 0.1) is 5.82 Å². The van der Waals surface area contributed by atoms with Gasteiger partial charge in [0, 0.05) is 16.2 Å². The molecule has 9 heteroatoms. The molecule has 2 atom stereocenters. The molecule has 0 spiro atoms. The number of aliphatic hydroxyl groups is 1. The van der Waals surface area contributed by atoms with E-state index in [0.717, 1.165) is 5.56 Å². The van der Waals surface area contributed by atoms with Crippen molar-refractivity contribution in [2.75, 3.05) is 0 Å². The average molecular weight is 513 g/mol. The van der Waals surface area contributed by atoms with E-state index in [2.05, 4.69) is 20.9 Å². The zero-order valence-electron chi connectivity index (χ0n) is 16.9. The number of hydrogen-bond acceptors (Lipinski definition) is 4. The maximum Gasteiger partial charge on any atom is 0.268 e. The molecule has 0 radical (unpaired) electrons. The van der Waals surface area contributed by atoms with Gasteiger partial charge in [-0.25, -0.2) is 9.37 Å². The fourth-order valence-electron chi connectivity index (χ4n) is 3.23. The summed E-state index contributed by atoms with van der Waals surface area (Å²) in [5.41, 5.74) is 6.82. The zero-order valence-corrected chi connectivity index (χ0v) is 19.3. The second-order valence-corrected chi connectivity index (χ2v) is 7.96. The average Bonchev–Trinajstić information content (AvgIpc) is 3.18. The normalized spacial score (nSPS) is 12.6. The summed E-state index contributed by atoms with van der Waals surface area (Å²) in [6.45, 7) is 1.80. The third-order valence-electron chi connectivity index (χ3n) is 4.87. The van der Waals surface area contributed by atoms with E-state index in [1.807, 2.05) is 24.3 Å². The number of ether oxygens (including phenoxy) is 1. The molecule has 0 unspecified atom stereocenters. The maximum atomic E-state index is 14.1. The Balaban J connectivity index is 0.00000341. The Kier molecular flexibility index (Phi) is 9.03. The molecule has 3 rings (SSSR count). The molecule has 1 amide bonds. The van der Waals surface area contributed by atoms with Crippen molar-refractivity contribution in [1.82, 2.24) is 9.55 Å². The van der Waals surface area contributed by atoms with Crippen molar-refractivity contribution in [2.45, 2.75) is 38.5 Å². The van der Waals surface area contributed by atoms with Gasteiger partial charge in [-0.05, 0) is 43.5 Å². The van der Waals surface area contributed by atoms with E-state index in [0.29, 0.717) is 28.6 Å². The Morgan fingerprint density at radius 3 is 2.68 bits per heavy atom. The molecule has 3 N–H and O–H groups in total. The van der Waals surface area contributed by atoms with Crippen LogP contribution in [0.15, 0.2) is 59.5 Å². The Hall–Kier alpha value is -2.42. The number of benzene rings is 2. The Bertz CT molecular complexity index is 1030. The summed E-state index contributed by atoms with van der Waals surface area (Å²) in [5.74, 6) is -0.286. The van der Waals surface area contributed by atoms with E-state index >= 15 is 0 Å². The largest absolute Gasteiger partial charge is 0.489 e. The molecule has 0 aliphatic carbocycles. The molecule has 1 aromatic heterocycles. The van der Waals surface area contributed by atoms with Crippen molar-refractivity contribution in [1.29, 1.82) is 0 Å². The lowest BCUT2D eigenvalue weighted by atomic mass is 10.0. The van der Waals surface area contributed by atoms with E-state index in [-0.39, 0.29) is 36.6 Å². The number of aliphatic hydroxyl groups excluding tert-OH is 1. The first kappa shape index (κ1) is 24.8. The topological polar surface area (TPSA) is 90.4 Å². The number of aryl methyl sites for hydroxylation is 1. The van der Waals surface area contributed by atoms with Gasteiger partial charge < -0.3 is 20.1 Å². The number of amides is 1. The van der Waals surface area contributed by atoms with Crippen LogP contribution in [0.2, 0.25) is 0 Å². The number of carbonyl (C=O) groups excluding carboxylic acids is 1. The maximum absolute atomic E-state index is 14.1. The van der Waals surface area contributed by atoms with Crippen LogP contribution in [-0.4, -0.2) is 26.7 Å². The van der Waals surface area contributed by atoms with E-state index in [4.69, 9.17) is 10.5 Å². The lowest BCUT2D eigenvalue weighted by Crippen LogP contribution is -2.21. The highest BCUT2D eigenvalue weighted by Crippen LogP contribution is 2.26. The van der Waals surface area contributed by atoms with Crippen molar-refractivity contribution in [3.05, 3.63) is 82.1 Å². The smallest absolute Gasteiger partial charge is 0.268 e. The number of imidazole rings is 1. The van der Waals surface area contributed by atoms with Crippen molar-refractivity contribution in [3.8, 4) is 5.75 Å². The third kappa shape index (κ3) is 6.53. The Morgan fingerprint density at radius 1 is 1.29 bits per heavy atom. The minimum absolute atomic E-state index is 0. The molecule has 0 aliphatic rings. The fourth-order valence-corrected chi connectivity index (χ4v) is 3.57. The van der Waals surface area contributed by atoms with Crippen LogP contribution in [0.5, 0.6) is 5.75 Å². The molecule has 1 heterocycles. The van der Waals surface area contributed by atoms with Gasteiger partial charge in [-0.15, -0.1) is 12.4 Å². The van der Waals surface area contributed by atoms with Crippen LogP contribution >= 0.6 is 28.3 Å². The first-order valence-electron chi connectivity index (χ1n) is 9.51. The highest BCUT2D eigenvalue weighted by molar-refractivity contribution is 9.10. The van der Waals surface area contributed by atoms with Gasteiger partial charge in [-0.3, -0.25) is 4.79 Å². The molecular formula is C22H24BrClFN3O3. The van der Waals surface area contributed by atoms with Crippen LogP contribution in [0.1, 0.15) is 41.0 Å². The molecule has 0 saturated carbocycles. The monoisotopic (exact) mass is 511 g/mol. The highest BCUT2D eigenvalue weighted by atomic mass is 79.9. The standard InChI is InChI=1S/C22H23BrFN3O3.ClH/c1-14(28)20(27-11-19(22(25)29)26-13-27)9-7-15-4-2-3-5-21(15)30-12-16-6-8-17(23)10-18(16)24;/h2-6,8,10-11,13-14,20,28H,7,9,12H2,1H3,(H2,25,29);1H/t14-,20+;/m0./s1. The Labute approximate surface area is 194 Å². The predicted octanol–water partition coefficient (Wildman–Crippen LogP) is 4.44. The van der Waals surface area contributed by atoms with Gasteiger partial charge in [0.1, 0.15) is 23.9 Å². The van der Waals surface area contributed by atoms with Gasteiger partial charge in [0.25, 0.3) is 5.91 Å². The second kappa shape index (κ2) is 11.3. The number of hydrogen-bond donors (Lipinski definition) is 2. The van der Waals surface area contributed by atoms with Gasteiger partial charge in [-0.1, -0.05) is 40.2 Å². The minimum Gasteiger partial charge on any atom is -0.489 e. The number of nitrogens with zero attached hydrogens (tertiary/aromatic N) is 2. The van der Waals surface area contributed by atoms with Crippen molar-refractivity contribution >= 4 is 34.2 Å². The summed E-state index contributed by atoms with van der Waals surface area (Å²) >= 11 is 3.24. The third-order valence-corrected chi connectivity index (χ3v) is 5.37. The summed E-state index contributed by atoms with van der Waals surface area (Å²) in [6.07, 6.45) is 3.57. The quantitative estimate of drug-likeness (QED) is 0.443. The van der Waals surface area contributed by atoms with Gasteiger partial charge in [-0.2, -0.15) is 0 Å². The lowest BCUT2D eigenvalue weighted by molar-refractivity contribution is 0.0994. The van der Waals surface area contributed by atoms with Crippen molar-refractivity contribution < 1.29 is 19.0 Å². The number of primary amides is 1. The molecule has 0 bridgehead atoms. The number of para-hydroxylation sites is 1. The summed E-state index contributed by atoms with van der Waals surface area (Å²) in [4.78, 5) is 15.3. The number of carbonyl (C=O) groups is 1. The van der Waals surface area contributed by atoms with Gasteiger partial charge in [0.05, 0.1) is 18.5 Å². The number of nitrogens with two attached hydrogens (primary N) is 1. The lowest BCUT2D eigenvalue weighted by Gasteiger charge is -2.22. The molecule has 6 nitrogen and oxygen atoms in total. The predicted molar refractivity (Wildman–Crippen MR) is 122 cm³/mol. The van der Waals surface area contributed by atoms with Gasteiger partial charge in [0.15, 0.2) is 0 Å². The van der Waals surface area contributed by atoms with E-state index in [9.17, 15) is 14.3 Å². The molecular weight excluding hydrogens is 489 g/mol. The molecule has 0 fully saturated rings. The van der Waals surface area contributed by atoms with Crippen LogP contribution in [-0.2, 0) is 13.0 Å². The SMILES string of the molecule is C[C@H](O)[C@@H](CCc1ccccc1OCc1ccc(Br)cc1F)n1cnc(C(N)=O)c1.Cl. The molecule has 0 aliphatic heterocycles.